The van der Waals surface area contributed by atoms with E-state index in [1.165, 1.54) is 4.90 Å². The fourth-order valence-corrected chi connectivity index (χ4v) is 4.91. The second-order valence-corrected chi connectivity index (χ2v) is 11.6. The number of allylic oxidation sites excluding steroid dienone is 2. The third-order valence-electron chi connectivity index (χ3n) is 7.63. The molecular weight excluding hydrogens is 556 g/mol. The third kappa shape index (κ3) is 11.5. The Kier molecular flexibility index (Phi) is 14.3. The Hall–Kier alpha value is -3.74. The summed E-state index contributed by atoms with van der Waals surface area (Å²) < 4.78 is 5.67. The van der Waals surface area contributed by atoms with E-state index in [0.717, 1.165) is 0 Å². The molecule has 1 fully saturated rings. The van der Waals surface area contributed by atoms with Crippen molar-refractivity contribution in [3.63, 3.8) is 0 Å². The van der Waals surface area contributed by atoms with Gasteiger partial charge in [-0.3, -0.25) is 28.8 Å². The van der Waals surface area contributed by atoms with Crippen molar-refractivity contribution < 1.29 is 33.5 Å². The lowest BCUT2D eigenvalue weighted by molar-refractivity contribution is -0.140. The van der Waals surface area contributed by atoms with Crippen LogP contribution in [0.5, 0.6) is 0 Å². The average Bonchev–Trinajstić information content (AvgIpc) is 3.45. The minimum atomic E-state index is -1.19. The molecule has 5 atom stereocenters. The zero-order valence-corrected chi connectivity index (χ0v) is 25.8. The molecular formula is C30H48N6O7. The number of primary amides is 1. The molecule has 6 N–H and O–H groups in total. The molecule has 13 nitrogen and oxygen atoms in total. The average molecular weight is 605 g/mol. The molecule has 0 saturated carbocycles. The highest BCUT2D eigenvalue weighted by Gasteiger charge is 2.38. The topological polar surface area (TPSA) is 189 Å². The summed E-state index contributed by atoms with van der Waals surface area (Å²) in [7, 11) is 0. The van der Waals surface area contributed by atoms with Crippen LogP contribution >= 0.6 is 0 Å². The molecule has 0 radical (unpaired) electrons. The molecule has 13 heteroatoms. The van der Waals surface area contributed by atoms with Crippen LogP contribution in [0.3, 0.4) is 0 Å². The van der Waals surface area contributed by atoms with Gasteiger partial charge in [-0.05, 0) is 37.5 Å². The smallest absolute Gasteiger partial charge is 0.245 e. The third-order valence-corrected chi connectivity index (χ3v) is 7.63. The Balaban J connectivity index is 2.34. The van der Waals surface area contributed by atoms with Gasteiger partial charge in [0.25, 0.3) is 0 Å². The summed E-state index contributed by atoms with van der Waals surface area (Å²) in [5, 5.41) is 10.7. The standard InChI is InChI=1S/C30H48N6O7/c1-6-20(5)26-30(42)34-22(28(40)33-21(27(31)39)15-18(2)3)17-43-14-8-9-19(4)11-12-24(37)32-16-25(38)36-13-7-10-23(36)29(41)35-26/h8-9,18,20-23,26H,4,6-7,10-17H2,1-3,5H3,(H2,31,39)(H,32,37)(H,33,40)(H,34,42)(H,35,41)/b9-8+/t20-,21-,22-,23-,26-/m0/s1. The quantitative estimate of drug-likeness (QED) is 0.271. The van der Waals surface area contributed by atoms with Crippen LogP contribution < -0.4 is 27.0 Å². The van der Waals surface area contributed by atoms with Crippen molar-refractivity contribution in [2.24, 2.45) is 17.6 Å². The van der Waals surface area contributed by atoms with Gasteiger partial charge in [-0.25, -0.2) is 0 Å². The number of hydrogen-bond acceptors (Lipinski definition) is 7. The Labute approximate surface area is 253 Å². The molecule has 2 heterocycles. The molecule has 6 amide bonds. The predicted molar refractivity (Wildman–Crippen MR) is 160 cm³/mol. The maximum atomic E-state index is 13.6. The van der Waals surface area contributed by atoms with Crippen LogP contribution in [-0.2, 0) is 33.5 Å². The van der Waals surface area contributed by atoms with Gasteiger partial charge in [0.05, 0.1) is 19.8 Å². The van der Waals surface area contributed by atoms with Gasteiger partial charge in [0.1, 0.15) is 24.2 Å². The number of rotatable bonds is 7. The van der Waals surface area contributed by atoms with E-state index in [-0.39, 0.29) is 49.8 Å². The van der Waals surface area contributed by atoms with Gasteiger partial charge >= 0.3 is 0 Å². The van der Waals surface area contributed by atoms with Crippen LogP contribution in [0.15, 0.2) is 24.3 Å². The number of hydrogen-bond donors (Lipinski definition) is 5. The lowest BCUT2D eigenvalue weighted by Crippen LogP contribution is -2.60. The molecule has 0 aromatic heterocycles. The summed E-state index contributed by atoms with van der Waals surface area (Å²) in [6, 6.07) is -3.95. The summed E-state index contributed by atoms with van der Waals surface area (Å²) in [6.07, 6.45) is 5.71. The minimum Gasteiger partial charge on any atom is -0.375 e. The number of ether oxygens (including phenoxy) is 1. The van der Waals surface area contributed by atoms with Crippen molar-refractivity contribution in [3.05, 3.63) is 24.3 Å². The summed E-state index contributed by atoms with van der Waals surface area (Å²) in [4.78, 5) is 78.9. The molecule has 0 aromatic rings. The van der Waals surface area contributed by atoms with Crippen LogP contribution in [0, 0.1) is 11.8 Å². The zero-order valence-electron chi connectivity index (χ0n) is 25.8. The van der Waals surface area contributed by atoms with Gasteiger partial charge in [-0.1, -0.05) is 58.4 Å². The summed E-state index contributed by atoms with van der Waals surface area (Å²) in [6.45, 7) is 11.3. The first-order valence-electron chi connectivity index (χ1n) is 15.0. The van der Waals surface area contributed by atoms with E-state index in [4.69, 9.17) is 10.5 Å². The van der Waals surface area contributed by atoms with Crippen LogP contribution in [0.4, 0.5) is 0 Å². The van der Waals surface area contributed by atoms with E-state index >= 15 is 0 Å². The number of carbonyl (C=O) groups is 6. The molecule has 0 aromatic carbocycles. The van der Waals surface area contributed by atoms with Gasteiger partial charge < -0.3 is 36.6 Å². The number of nitrogens with one attached hydrogen (secondary N) is 4. The minimum absolute atomic E-state index is 0.0683. The molecule has 2 aliphatic rings. The van der Waals surface area contributed by atoms with Crippen LogP contribution in [0.1, 0.15) is 66.2 Å². The van der Waals surface area contributed by atoms with E-state index in [0.29, 0.717) is 44.2 Å². The Bertz CT molecular complexity index is 1080. The number of nitrogens with zero attached hydrogens (tertiary/aromatic N) is 1. The number of amides is 6. The molecule has 0 bridgehead atoms. The lowest BCUT2D eigenvalue weighted by atomic mass is 9.97. The molecule has 43 heavy (non-hydrogen) atoms. The van der Waals surface area contributed by atoms with Crippen molar-refractivity contribution in [3.8, 4) is 0 Å². The number of carbonyl (C=O) groups excluding carboxylic acids is 6. The first kappa shape index (κ1) is 35.5. The zero-order chi connectivity index (χ0) is 32.1. The van der Waals surface area contributed by atoms with E-state index in [1.807, 2.05) is 20.8 Å². The van der Waals surface area contributed by atoms with Crippen molar-refractivity contribution in [2.75, 3.05) is 26.3 Å². The Morgan fingerprint density at radius 2 is 1.86 bits per heavy atom. The molecule has 0 aliphatic carbocycles. The Morgan fingerprint density at radius 3 is 2.51 bits per heavy atom. The van der Waals surface area contributed by atoms with Gasteiger partial charge in [0.2, 0.25) is 35.4 Å². The van der Waals surface area contributed by atoms with E-state index < -0.39 is 47.8 Å². The van der Waals surface area contributed by atoms with Gasteiger partial charge in [0, 0.05) is 13.0 Å². The fraction of sp³-hybridized carbons (Fsp3) is 0.667. The highest BCUT2D eigenvalue weighted by molar-refractivity contribution is 5.96. The molecule has 0 unspecified atom stereocenters. The summed E-state index contributed by atoms with van der Waals surface area (Å²) in [5.74, 6) is -3.39. The molecule has 2 aliphatic heterocycles. The van der Waals surface area contributed by atoms with E-state index in [9.17, 15) is 28.8 Å². The second kappa shape index (κ2) is 17.4. The van der Waals surface area contributed by atoms with Crippen molar-refractivity contribution in [2.45, 2.75) is 90.4 Å². The van der Waals surface area contributed by atoms with Gasteiger partial charge in [-0.15, -0.1) is 0 Å². The monoisotopic (exact) mass is 604 g/mol. The Morgan fingerprint density at radius 1 is 1.14 bits per heavy atom. The van der Waals surface area contributed by atoms with Crippen molar-refractivity contribution in [1.82, 2.24) is 26.2 Å². The molecule has 240 valence electrons. The summed E-state index contributed by atoms with van der Waals surface area (Å²) in [5.41, 5.74) is 6.17. The van der Waals surface area contributed by atoms with Gasteiger partial charge in [-0.2, -0.15) is 0 Å². The van der Waals surface area contributed by atoms with E-state index in [1.54, 1.807) is 19.1 Å². The lowest BCUT2D eigenvalue weighted by Gasteiger charge is -2.30. The second-order valence-electron chi connectivity index (χ2n) is 11.6. The van der Waals surface area contributed by atoms with Crippen LogP contribution in [-0.4, -0.2) is 90.8 Å². The first-order chi connectivity index (χ1) is 20.3. The summed E-state index contributed by atoms with van der Waals surface area (Å²) >= 11 is 0. The number of nitrogens with two attached hydrogens (primary N) is 1. The van der Waals surface area contributed by atoms with Crippen molar-refractivity contribution >= 4 is 35.4 Å². The normalized spacial score (nSPS) is 25.6. The van der Waals surface area contributed by atoms with Crippen LogP contribution in [0.25, 0.3) is 0 Å². The highest BCUT2D eigenvalue weighted by Crippen LogP contribution is 2.19. The molecule has 2 rings (SSSR count). The fourth-order valence-electron chi connectivity index (χ4n) is 4.91. The van der Waals surface area contributed by atoms with Crippen LogP contribution in [0.2, 0.25) is 0 Å². The largest absolute Gasteiger partial charge is 0.375 e. The maximum Gasteiger partial charge on any atom is 0.245 e. The first-order valence-corrected chi connectivity index (χ1v) is 15.0. The van der Waals surface area contributed by atoms with Crippen molar-refractivity contribution in [1.29, 1.82) is 0 Å². The molecule has 1 saturated heterocycles. The predicted octanol–water partition coefficient (Wildman–Crippen LogP) is 0.0483. The SMILES string of the molecule is C=C1/C=C/COC[C@@H](C(=O)N[C@@H](CC(C)C)C(N)=O)NC(=O)[C@H]([C@@H](C)CC)NC(=O)[C@@H]2CCCN2C(=O)CNC(=O)CC1. The molecule has 0 spiro atoms. The number of fused-ring (bicyclic) bond motifs is 1. The van der Waals surface area contributed by atoms with Gasteiger partial charge in [0.15, 0.2) is 0 Å². The maximum absolute atomic E-state index is 13.6. The highest BCUT2D eigenvalue weighted by atomic mass is 16.5. The van der Waals surface area contributed by atoms with E-state index in [2.05, 4.69) is 27.8 Å².